The highest BCUT2D eigenvalue weighted by Crippen LogP contribution is 2.33. The standard InChI is InChI=1S/C20H12F5NO2.C13H7ClF2O2.C13H8F2O3/c21-13-5-6-15(17(22)10-13)11-4-7-18(27)16(8-11)19(28)26-14-3-1-2-12(9-14)20(23,24)25;14-13(18)10-5-7(1-4-12(10)17)9-3-2-8(15)6-11(9)16;14-8-2-3-9(11(15)6-8)7-1-4-12(16)10(5-7)13(17)18/h1-10,27H,(H,26,28);1-6,17H;1-6,16H,(H,17,18). The van der Waals surface area contributed by atoms with Crippen molar-refractivity contribution in [3.05, 3.63) is 191 Å². The fourth-order valence-corrected chi connectivity index (χ4v) is 5.92. The Labute approximate surface area is 360 Å². The van der Waals surface area contributed by atoms with Crippen LogP contribution in [0.1, 0.15) is 36.6 Å². The molecule has 0 spiro atoms. The van der Waals surface area contributed by atoms with E-state index >= 15 is 0 Å². The summed E-state index contributed by atoms with van der Waals surface area (Å²) in [5.41, 5.74) is -0.868. The molecule has 328 valence electrons. The van der Waals surface area contributed by atoms with Crippen LogP contribution in [0, 0.1) is 34.9 Å². The van der Waals surface area contributed by atoms with Crippen molar-refractivity contribution < 1.29 is 74.3 Å². The van der Waals surface area contributed by atoms with E-state index in [4.69, 9.17) is 16.7 Å². The highest BCUT2D eigenvalue weighted by atomic mass is 35.5. The summed E-state index contributed by atoms with van der Waals surface area (Å²) in [4.78, 5) is 34.3. The van der Waals surface area contributed by atoms with Gasteiger partial charge in [0.05, 0.1) is 16.7 Å². The lowest BCUT2D eigenvalue weighted by Crippen LogP contribution is -2.13. The number of phenols is 3. The number of carboxylic acid groups (broad SMARTS) is 1. The van der Waals surface area contributed by atoms with Gasteiger partial charge in [0.1, 0.15) is 57.7 Å². The number of alkyl halides is 3. The van der Waals surface area contributed by atoms with Crippen LogP contribution in [0.25, 0.3) is 33.4 Å². The molecule has 0 heterocycles. The second-order valence-corrected chi connectivity index (χ2v) is 13.5. The zero-order valence-corrected chi connectivity index (χ0v) is 32.8. The molecule has 0 bridgehead atoms. The summed E-state index contributed by atoms with van der Waals surface area (Å²) < 4.78 is 118. The first-order valence-electron chi connectivity index (χ1n) is 17.9. The molecule has 7 rings (SSSR count). The highest BCUT2D eigenvalue weighted by molar-refractivity contribution is 6.68. The average Bonchev–Trinajstić information content (AvgIpc) is 3.22. The van der Waals surface area contributed by atoms with E-state index in [0.717, 1.165) is 66.7 Å². The fourth-order valence-electron chi connectivity index (χ4n) is 5.76. The lowest BCUT2D eigenvalue weighted by Gasteiger charge is -2.12. The number of phenolic OH excluding ortho intramolecular Hbond substituents is 2. The van der Waals surface area contributed by atoms with Crippen molar-refractivity contribution in [3.63, 3.8) is 0 Å². The summed E-state index contributed by atoms with van der Waals surface area (Å²) in [6.07, 6.45) is -4.58. The van der Waals surface area contributed by atoms with Crippen LogP contribution < -0.4 is 5.32 Å². The van der Waals surface area contributed by atoms with Gasteiger partial charge < -0.3 is 25.7 Å². The minimum absolute atomic E-state index is 0.00508. The molecule has 0 aromatic heterocycles. The highest BCUT2D eigenvalue weighted by Gasteiger charge is 2.30. The summed E-state index contributed by atoms with van der Waals surface area (Å²) >= 11 is 5.28. The first-order valence-corrected chi connectivity index (χ1v) is 18.3. The monoisotopic (exact) mass is 911 g/mol. The Hall–Kier alpha value is -7.79. The lowest BCUT2D eigenvalue weighted by molar-refractivity contribution is -0.137. The van der Waals surface area contributed by atoms with E-state index in [0.29, 0.717) is 17.7 Å². The van der Waals surface area contributed by atoms with E-state index < -0.39 is 75.3 Å². The van der Waals surface area contributed by atoms with Gasteiger partial charge >= 0.3 is 12.1 Å². The van der Waals surface area contributed by atoms with Crippen LogP contribution in [0.5, 0.6) is 17.2 Å². The first kappa shape index (κ1) is 47.3. The van der Waals surface area contributed by atoms with Crippen molar-refractivity contribution in [2.75, 3.05) is 5.32 Å². The second kappa shape index (κ2) is 19.9. The lowest BCUT2D eigenvalue weighted by atomic mass is 10.0. The van der Waals surface area contributed by atoms with Crippen molar-refractivity contribution in [1.29, 1.82) is 0 Å². The van der Waals surface area contributed by atoms with Gasteiger partial charge in [-0.25, -0.2) is 31.1 Å². The maximum atomic E-state index is 14.0. The van der Waals surface area contributed by atoms with Gasteiger partial charge in [0.2, 0.25) is 0 Å². The molecular weight excluding hydrogens is 885 g/mol. The van der Waals surface area contributed by atoms with Crippen molar-refractivity contribution >= 4 is 34.4 Å². The van der Waals surface area contributed by atoms with E-state index in [2.05, 4.69) is 5.32 Å². The summed E-state index contributed by atoms with van der Waals surface area (Å²) in [5, 5.41) is 38.9. The van der Waals surface area contributed by atoms with Gasteiger partial charge in [-0.1, -0.05) is 24.3 Å². The number of carboxylic acids is 1. The second-order valence-electron chi connectivity index (χ2n) is 13.2. The number of hydrogen-bond acceptors (Lipinski definition) is 6. The molecule has 0 aliphatic carbocycles. The summed E-state index contributed by atoms with van der Waals surface area (Å²) in [7, 11) is 0. The zero-order chi connectivity index (χ0) is 47.0. The topological polar surface area (TPSA) is 144 Å². The molecule has 8 nitrogen and oxygen atoms in total. The molecule has 0 fully saturated rings. The number of rotatable bonds is 7. The first-order chi connectivity index (χ1) is 30.1. The van der Waals surface area contributed by atoms with Crippen LogP contribution in [-0.4, -0.2) is 37.5 Å². The van der Waals surface area contributed by atoms with E-state index in [1.807, 2.05) is 0 Å². The van der Waals surface area contributed by atoms with E-state index in [-0.39, 0.29) is 55.9 Å². The molecule has 7 aromatic rings. The fraction of sp³-hybridized carbons (Fsp3) is 0.0217. The molecule has 0 saturated heterocycles. The van der Waals surface area contributed by atoms with E-state index in [1.165, 1.54) is 54.6 Å². The molecule has 0 atom stereocenters. The number of halogens is 10. The molecule has 64 heavy (non-hydrogen) atoms. The van der Waals surface area contributed by atoms with Crippen LogP contribution in [0.3, 0.4) is 0 Å². The normalized spacial score (nSPS) is 10.8. The van der Waals surface area contributed by atoms with Crippen molar-refractivity contribution in [2.24, 2.45) is 0 Å². The quantitative estimate of drug-likeness (QED) is 0.0791. The molecule has 1 amide bonds. The molecule has 0 aliphatic rings. The number of amides is 1. The maximum Gasteiger partial charge on any atom is 0.416 e. The predicted octanol–water partition coefficient (Wildman–Crippen LogP) is 12.4. The summed E-state index contributed by atoms with van der Waals surface area (Å²) in [6, 6.07) is 24.1. The molecule has 0 unspecified atom stereocenters. The third-order valence-corrected chi connectivity index (χ3v) is 9.05. The number of carbonyl (C=O) groups excluding carboxylic acids is 2. The maximum absolute atomic E-state index is 14.0. The predicted molar refractivity (Wildman–Crippen MR) is 217 cm³/mol. The average molecular weight is 912 g/mol. The van der Waals surface area contributed by atoms with Gasteiger partial charge in [0.15, 0.2) is 0 Å². The third kappa shape index (κ3) is 11.8. The number of hydrogen-bond donors (Lipinski definition) is 5. The van der Waals surface area contributed by atoms with Gasteiger partial charge in [0.25, 0.3) is 11.1 Å². The Morgan fingerprint density at radius 1 is 0.484 bits per heavy atom. The van der Waals surface area contributed by atoms with Crippen molar-refractivity contribution in [2.45, 2.75) is 6.18 Å². The molecule has 0 saturated carbocycles. The van der Waals surface area contributed by atoms with E-state index in [9.17, 15) is 69.2 Å². The Balaban J connectivity index is 0.000000188. The van der Waals surface area contributed by atoms with Crippen LogP contribution in [-0.2, 0) is 6.18 Å². The Bertz CT molecular complexity index is 2800. The van der Waals surface area contributed by atoms with Gasteiger partial charge in [0, 0.05) is 40.6 Å². The number of anilines is 1. The number of aromatic hydroxyl groups is 3. The molecule has 0 aliphatic heterocycles. The smallest absolute Gasteiger partial charge is 0.416 e. The van der Waals surface area contributed by atoms with Gasteiger partial charge in [-0.15, -0.1) is 0 Å². The molecule has 7 aromatic carbocycles. The summed E-state index contributed by atoms with van der Waals surface area (Å²) in [6.45, 7) is 0. The minimum Gasteiger partial charge on any atom is -0.507 e. The molecule has 0 radical (unpaired) electrons. The largest absolute Gasteiger partial charge is 0.507 e. The Morgan fingerprint density at radius 3 is 1.27 bits per heavy atom. The van der Waals surface area contributed by atoms with Gasteiger partial charge in [-0.05, 0) is 119 Å². The number of benzene rings is 7. The molecule has 5 N–H and O–H groups in total. The number of carbonyl (C=O) groups is 3. The Kier molecular flexibility index (Phi) is 14.7. The molecular formula is C46H27ClF9NO7. The summed E-state index contributed by atoms with van der Waals surface area (Å²) in [5.74, 6) is -7.95. The van der Waals surface area contributed by atoms with Crippen LogP contribution in [0.2, 0.25) is 0 Å². The van der Waals surface area contributed by atoms with Crippen molar-refractivity contribution in [3.8, 4) is 50.6 Å². The van der Waals surface area contributed by atoms with Gasteiger partial charge in [-0.3, -0.25) is 9.59 Å². The SMILES string of the molecule is O=C(Cl)c1cc(-c2ccc(F)cc2F)ccc1O.O=C(Nc1cccc(C(F)(F)F)c1)c1cc(-c2ccc(F)cc2F)ccc1O.O=C(O)c1cc(-c2ccc(F)cc2F)ccc1O. The van der Waals surface area contributed by atoms with E-state index in [1.54, 1.807) is 0 Å². The van der Waals surface area contributed by atoms with Crippen LogP contribution in [0.4, 0.5) is 45.2 Å². The van der Waals surface area contributed by atoms with Crippen LogP contribution in [0.15, 0.2) is 133 Å². The molecule has 18 heteroatoms. The van der Waals surface area contributed by atoms with Gasteiger partial charge in [-0.2, -0.15) is 13.2 Å². The number of aromatic carboxylic acids is 1. The Morgan fingerprint density at radius 2 is 0.875 bits per heavy atom. The minimum atomic E-state index is -4.58. The number of nitrogens with one attached hydrogen (secondary N) is 1. The third-order valence-electron chi connectivity index (χ3n) is 8.85. The van der Waals surface area contributed by atoms with Crippen LogP contribution >= 0.6 is 11.6 Å². The van der Waals surface area contributed by atoms with Crippen molar-refractivity contribution in [1.82, 2.24) is 0 Å². The zero-order valence-electron chi connectivity index (χ0n) is 32.0.